The maximum absolute atomic E-state index is 12.8. The number of aryl methyl sites for hydroxylation is 1. The first kappa shape index (κ1) is 19.7. The third-order valence-electron chi connectivity index (χ3n) is 5.35. The van der Waals surface area contributed by atoms with E-state index in [2.05, 4.69) is 22.5 Å². The van der Waals surface area contributed by atoms with Crippen molar-refractivity contribution in [3.63, 3.8) is 0 Å². The van der Waals surface area contributed by atoms with Crippen LogP contribution in [0.3, 0.4) is 0 Å². The minimum absolute atomic E-state index is 0.0241. The quantitative estimate of drug-likeness (QED) is 0.635. The van der Waals surface area contributed by atoms with E-state index >= 15 is 0 Å². The summed E-state index contributed by atoms with van der Waals surface area (Å²) in [4.78, 5) is 24.7. The SMILES string of the molecule is CCOC(=O)c1cnn(-c2ccc(C(=O)NC3CCCc4ccccc43)cc2)c1N. The fraction of sp³-hybridized carbons (Fsp3) is 0.261. The Hall–Kier alpha value is -3.61. The van der Waals surface area contributed by atoms with Gasteiger partial charge >= 0.3 is 5.97 Å². The number of fused-ring (bicyclic) bond motifs is 1. The van der Waals surface area contributed by atoms with Crippen LogP contribution in [0, 0.1) is 0 Å². The third-order valence-corrected chi connectivity index (χ3v) is 5.35. The lowest BCUT2D eigenvalue weighted by molar-refractivity contribution is 0.0527. The Morgan fingerprint density at radius 2 is 1.97 bits per heavy atom. The predicted octanol–water partition coefficient (Wildman–Crippen LogP) is 3.44. The van der Waals surface area contributed by atoms with E-state index in [1.807, 2.05) is 12.1 Å². The van der Waals surface area contributed by atoms with Gasteiger partial charge in [-0.15, -0.1) is 0 Å². The van der Waals surface area contributed by atoms with Crippen LogP contribution in [0.4, 0.5) is 5.82 Å². The van der Waals surface area contributed by atoms with Gasteiger partial charge in [0.1, 0.15) is 11.4 Å². The molecule has 7 nitrogen and oxygen atoms in total. The van der Waals surface area contributed by atoms with Crippen LogP contribution in [0.15, 0.2) is 54.7 Å². The number of hydrogen-bond donors (Lipinski definition) is 2. The maximum Gasteiger partial charge on any atom is 0.343 e. The normalized spacial score (nSPS) is 15.3. The van der Waals surface area contributed by atoms with Crippen LogP contribution >= 0.6 is 0 Å². The zero-order chi connectivity index (χ0) is 21.1. The molecule has 2 aromatic carbocycles. The molecule has 0 aliphatic heterocycles. The average Bonchev–Trinajstić information content (AvgIpc) is 3.15. The van der Waals surface area contributed by atoms with Crippen molar-refractivity contribution >= 4 is 17.7 Å². The molecule has 0 spiro atoms. The maximum atomic E-state index is 12.8. The fourth-order valence-corrected chi connectivity index (χ4v) is 3.83. The van der Waals surface area contributed by atoms with E-state index in [0.717, 1.165) is 19.3 Å². The van der Waals surface area contributed by atoms with Gasteiger partial charge in [-0.3, -0.25) is 4.79 Å². The van der Waals surface area contributed by atoms with Crippen LogP contribution in [0.2, 0.25) is 0 Å². The lowest BCUT2D eigenvalue weighted by Crippen LogP contribution is -2.30. The highest BCUT2D eigenvalue weighted by Crippen LogP contribution is 2.29. The largest absolute Gasteiger partial charge is 0.462 e. The zero-order valence-electron chi connectivity index (χ0n) is 16.8. The van der Waals surface area contributed by atoms with Gasteiger partial charge in [0, 0.05) is 5.56 Å². The first-order valence-corrected chi connectivity index (χ1v) is 10.1. The Balaban J connectivity index is 1.49. The topological polar surface area (TPSA) is 99.2 Å². The van der Waals surface area contributed by atoms with Crippen molar-refractivity contribution in [2.45, 2.75) is 32.2 Å². The van der Waals surface area contributed by atoms with E-state index in [1.165, 1.54) is 22.0 Å². The summed E-state index contributed by atoms with van der Waals surface area (Å²) < 4.78 is 6.43. The number of carbonyl (C=O) groups is 2. The minimum atomic E-state index is -0.509. The molecule has 1 heterocycles. The molecular formula is C23H24N4O3. The van der Waals surface area contributed by atoms with Gasteiger partial charge in [-0.05, 0) is 61.6 Å². The molecule has 0 saturated carbocycles. The molecule has 3 N–H and O–H groups in total. The van der Waals surface area contributed by atoms with Crippen molar-refractivity contribution in [3.8, 4) is 5.69 Å². The highest BCUT2D eigenvalue weighted by molar-refractivity contribution is 5.95. The van der Waals surface area contributed by atoms with Gasteiger partial charge in [0.15, 0.2) is 0 Å². The first-order chi connectivity index (χ1) is 14.6. The van der Waals surface area contributed by atoms with Gasteiger partial charge in [0.2, 0.25) is 0 Å². The summed E-state index contributed by atoms with van der Waals surface area (Å²) in [5.41, 5.74) is 9.98. The Kier molecular flexibility index (Phi) is 5.52. The summed E-state index contributed by atoms with van der Waals surface area (Å²) in [6, 6.07) is 15.2. The predicted molar refractivity (Wildman–Crippen MR) is 114 cm³/mol. The molecule has 0 radical (unpaired) electrons. The number of aromatic nitrogens is 2. The van der Waals surface area contributed by atoms with Crippen molar-refractivity contribution < 1.29 is 14.3 Å². The molecule has 3 aromatic rings. The zero-order valence-corrected chi connectivity index (χ0v) is 16.8. The number of nitrogens with two attached hydrogens (primary N) is 1. The van der Waals surface area contributed by atoms with E-state index < -0.39 is 5.97 Å². The lowest BCUT2D eigenvalue weighted by Gasteiger charge is -2.26. The molecule has 7 heteroatoms. The average molecular weight is 404 g/mol. The van der Waals surface area contributed by atoms with Crippen LogP contribution in [0.25, 0.3) is 5.69 Å². The molecule has 1 atom stereocenters. The summed E-state index contributed by atoms with van der Waals surface area (Å²) in [6.45, 7) is 1.99. The minimum Gasteiger partial charge on any atom is -0.462 e. The Morgan fingerprint density at radius 3 is 2.73 bits per heavy atom. The second kappa shape index (κ2) is 8.41. The van der Waals surface area contributed by atoms with Crippen LogP contribution in [0.1, 0.15) is 57.7 Å². The van der Waals surface area contributed by atoms with Gasteiger partial charge in [-0.2, -0.15) is 5.10 Å². The molecule has 1 aliphatic carbocycles. The van der Waals surface area contributed by atoms with Gasteiger partial charge in [0.25, 0.3) is 5.91 Å². The van der Waals surface area contributed by atoms with Crippen LogP contribution in [-0.2, 0) is 11.2 Å². The number of esters is 1. The Bertz CT molecular complexity index is 1070. The fourth-order valence-electron chi connectivity index (χ4n) is 3.83. The van der Waals surface area contributed by atoms with Gasteiger partial charge in [0.05, 0.1) is 24.5 Å². The molecule has 1 amide bonds. The highest BCUT2D eigenvalue weighted by Gasteiger charge is 2.22. The third kappa shape index (κ3) is 3.78. The molecule has 4 rings (SSSR count). The molecule has 0 bridgehead atoms. The van der Waals surface area contributed by atoms with Crippen LogP contribution in [0.5, 0.6) is 0 Å². The van der Waals surface area contributed by atoms with Crippen LogP contribution in [-0.4, -0.2) is 28.3 Å². The molecule has 1 aliphatic rings. The number of carbonyl (C=O) groups excluding carboxylic acids is 2. The molecule has 0 saturated heterocycles. The van der Waals surface area contributed by atoms with E-state index in [4.69, 9.17) is 10.5 Å². The molecule has 30 heavy (non-hydrogen) atoms. The molecule has 1 unspecified atom stereocenters. The number of ether oxygens (including phenoxy) is 1. The van der Waals surface area contributed by atoms with Crippen molar-refractivity contribution in [2.75, 3.05) is 12.3 Å². The number of nitrogens with one attached hydrogen (secondary N) is 1. The number of rotatable bonds is 5. The number of nitrogen functional groups attached to an aromatic ring is 1. The smallest absolute Gasteiger partial charge is 0.343 e. The summed E-state index contributed by atoms with van der Waals surface area (Å²) in [7, 11) is 0. The molecule has 154 valence electrons. The molecule has 0 fully saturated rings. The monoisotopic (exact) mass is 404 g/mol. The number of nitrogens with zero attached hydrogens (tertiary/aromatic N) is 2. The van der Waals surface area contributed by atoms with E-state index in [0.29, 0.717) is 11.3 Å². The number of hydrogen-bond acceptors (Lipinski definition) is 5. The van der Waals surface area contributed by atoms with E-state index in [1.54, 1.807) is 31.2 Å². The van der Waals surface area contributed by atoms with Crippen molar-refractivity contribution in [2.24, 2.45) is 0 Å². The van der Waals surface area contributed by atoms with Crippen LogP contribution < -0.4 is 11.1 Å². The second-order valence-electron chi connectivity index (χ2n) is 7.24. The van der Waals surface area contributed by atoms with E-state index in [-0.39, 0.29) is 29.9 Å². The standard InChI is InChI=1S/C23H24N4O3/c1-2-30-23(29)19-14-25-27(21(19)24)17-12-10-16(11-13-17)22(28)26-20-9-5-7-15-6-3-4-8-18(15)20/h3-4,6,8,10-14,20H,2,5,7,9,24H2,1H3,(H,26,28). The second-order valence-corrected chi connectivity index (χ2v) is 7.24. The Morgan fingerprint density at radius 1 is 1.20 bits per heavy atom. The highest BCUT2D eigenvalue weighted by atomic mass is 16.5. The Labute approximate surface area is 174 Å². The number of anilines is 1. The first-order valence-electron chi connectivity index (χ1n) is 10.1. The summed E-state index contributed by atoms with van der Waals surface area (Å²) in [6.07, 6.45) is 4.42. The van der Waals surface area contributed by atoms with Gasteiger partial charge in [-0.1, -0.05) is 24.3 Å². The number of benzene rings is 2. The number of amides is 1. The molecular weight excluding hydrogens is 380 g/mol. The van der Waals surface area contributed by atoms with Crippen molar-refractivity contribution in [3.05, 3.63) is 77.0 Å². The summed E-state index contributed by atoms with van der Waals surface area (Å²) in [5, 5.41) is 7.32. The lowest BCUT2D eigenvalue weighted by atomic mass is 9.87. The van der Waals surface area contributed by atoms with Gasteiger partial charge in [-0.25, -0.2) is 9.48 Å². The van der Waals surface area contributed by atoms with Crippen molar-refractivity contribution in [1.29, 1.82) is 0 Å². The summed E-state index contributed by atoms with van der Waals surface area (Å²) >= 11 is 0. The van der Waals surface area contributed by atoms with E-state index in [9.17, 15) is 9.59 Å². The van der Waals surface area contributed by atoms with Crippen molar-refractivity contribution in [1.82, 2.24) is 15.1 Å². The summed E-state index contributed by atoms with van der Waals surface area (Å²) in [5.74, 6) is -0.432. The molecule has 1 aromatic heterocycles. The van der Waals surface area contributed by atoms with Gasteiger partial charge < -0.3 is 15.8 Å².